The fourth-order valence-electron chi connectivity index (χ4n) is 4.43. The van der Waals surface area contributed by atoms with Crippen molar-refractivity contribution in [1.29, 1.82) is 0 Å². The summed E-state index contributed by atoms with van der Waals surface area (Å²) in [6, 6.07) is 8.82. The van der Waals surface area contributed by atoms with E-state index in [1.54, 1.807) is 42.5 Å². The van der Waals surface area contributed by atoms with Crippen LogP contribution in [-0.2, 0) is 14.4 Å². The molecule has 10 nitrogen and oxygen atoms in total. The molecule has 2 saturated heterocycles. The van der Waals surface area contributed by atoms with Gasteiger partial charge in [-0.3, -0.25) is 14.4 Å². The molecule has 2 unspecified atom stereocenters. The Morgan fingerprint density at radius 1 is 1.09 bits per heavy atom. The van der Waals surface area contributed by atoms with Gasteiger partial charge < -0.3 is 30.3 Å². The molecule has 3 N–H and O–H groups in total. The lowest BCUT2D eigenvalue weighted by Crippen LogP contribution is -2.41. The zero-order chi connectivity index (χ0) is 24.2. The Kier molecular flexibility index (Phi) is 6.85. The minimum Gasteiger partial charge on any atom is -0.493 e. The van der Waals surface area contributed by atoms with Gasteiger partial charge in [0.2, 0.25) is 17.7 Å². The van der Waals surface area contributed by atoms with Gasteiger partial charge in [-0.1, -0.05) is 0 Å². The van der Waals surface area contributed by atoms with Crippen LogP contribution < -0.4 is 30.3 Å². The molecule has 2 atom stereocenters. The van der Waals surface area contributed by atoms with Crippen LogP contribution in [0.25, 0.3) is 0 Å². The van der Waals surface area contributed by atoms with Crippen LogP contribution in [0.1, 0.15) is 19.3 Å². The maximum absolute atomic E-state index is 12.8. The van der Waals surface area contributed by atoms with Gasteiger partial charge in [-0.25, -0.2) is 4.98 Å². The predicted molar refractivity (Wildman–Crippen MR) is 127 cm³/mol. The van der Waals surface area contributed by atoms with Crippen LogP contribution in [0, 0.1) is 11.8 Å². The third kappa shape index (κ3) is 4.90. The number of carbonyl (C=O) groups excluding carboxylic acids is 3. The molecule has 2 aliphatic rings. The monoisotopic (exact) mass is 467 g/mol. The summed E-state index contributed by atoms with van der Waals surface area (Å²) < 4.78 is 10.6. The number of anilines is 3. The number of hydrogen-bond acceptors (Lipinski definition) is 7. The molecule has 3 amide bonds. The van der Waals surface area contributed by atoms with Gasteiger partial charge in [-0.05, 0) is 37.1 Å². The van der Waals surface area contributed by atoms with Gasteiger partial charge in [0.15, 0.2) is 11.5 Å². The molecule has 0 radical (unpaired) electrons. The lowest BCUT2D eigenvalue weighted by Gasteiger charge is -2.32. The zero-order valence-electron chi connectivity index (χ0n) is 19.3. The van der Waals surface area contributed by atoms with E-state index in [-0.39, 0.29) is 36.6 Å². The number of nitrogens with zero attached hydrogens (tertiary/aromatic N) is 3. The van der Waals surface area contributed by atoms with Gasteiger partial charge in [0.05, 0.1) is 37.9 Å². The van der Waals surface area contributed by atoms with E-state index in [0.717, 1.165) is 25.2 Å². The van der Waals surface area contributed by atoms with E-state index in [9.17, 15) is 14.4 Å². The van der Waals surface area contributed by atoms with E-state index in [2.05, 4.69) is 10.3 Å². The second-order valence-electron chi connectivity index (χ2n) is 8.53. The van der Waals surface area contributed by atoms with Gasteiger partial charge in [-0.2, -0.15) is 0 Å². The summed E-state index contributed by atoms with van der Waals surface area (Å²) in [6.45, 7) is 1.62. The van der Waals surface area contributed by atoms with Crippen molar-refractivity contribution in [3.63, 3.8) is 0 Å². The summed E-state index contributed by atoms with van der Waals surface area (Å²) in [5.41, 5.74) is 6.66. The van der Waals surface area contributed by atoms with Crippen LogP contribution in [0.15, 0.2) is 36.5 Å². The summed E-state index contributed by atoms with van der Waals surface area (Å²) in [4.78, 5) is 45.0. The number of pyridine rings is 1. The number of benzene rings is 1. The van der Waals surface area contributed by atoms with Crippen LogP contribution in [0.3, 0.4) is 0 Å². The van der Waals surface area contributed by atoms with Crippen LogP contribution in [0.2, 0.25) is 0 Å². The lowest BCUT2D eigenvalue weighted by molar-refractivity contribution is -0.122. The van der Waals surface area contributed by atoms with Crippen molar-refractivity contribution >= 4 is 34.9 Å². The molecular weight excluding hydrogens is 438 g/mol. The number of methoxy groups -OCH3 is 2. The number of nitrogens with two attached hydrogens (primary N) is 1. The Morgan fingerprint density at radius 2 is 1.88 bits per heavy atom. The Bertz CT molecular complexity index is 1070. The van der Waals surface area contributed by atoms with Crippen molar-refractivity contribution in [3.05, 3.63) is 36.5 Å². The third-order valence-corrected chi connectivity index (χ3v) is 6.34. The summed E-state index contributed by atoms with van der Waals surface area (Å²) in [5.74, 6) is 0.497. The van der Waals surface area contributed by atoms with E-state index < -0.39 is 5.92 Å². The highest BCUT2D eigenvalue weighted by molar-refractivity contribution is 6.03. The average molecular weight is 468 g/mol. The molecule has 10 heteroatoms. The zero-order valence-corrected chi connectivity index (χ0v) is 19.3. The molecule has 0 spiro atoms. The van der Waals surface area contributed by atoms with E-state index in [1.165, 1.54) is 7.11 Å². The highest BCUT2D eigenvalue weighted by Gasteiger charge is 2.35. The fourth-order valence-corrected chi connectivity index (χ4v) is 4.43. The van der Waals surface area contributed by atoms with Crippen molar-refractivity contribution in [3.8, 4) is 11.5 Å². The molecule has 3 heterocycles. The van der Waals surface area contributed by atoms with Gasteiger partial charge >= 0.3 is 0 Å². The molecule has 1 aromatic heterocycles. The molecule has 1 aromatic carbocycles. The number of piperidine rings is 1. The number of nitrogens with one attached hydrogen (secondary N) is 1. The smallest absolute Gasteiger partial charge is 0.229 e. The van der Waals surface area contributed by atoms with E-state index in [1.807, 2.05) is 11.0 Å². The van der Waals surface area contributed by atoms with E-state index in [0.29, 0.717) is 29.4 Å². The first-order chi connectivity index (χ1) is 16.4. The first-order valence-electron chi connectivity index (χ1n) is 11.2. The third-order valence-electron chi connectivity index (χ3n) is 6.34. The van der Waals surface area contributed by atoms with Crippen molar-refractivity contribution in [2.75, 3.05) is 49.0 Å². The van der Waals surface area contributed by atoms with Gasteiger partial charge in [0.1, 0.15) is 5.82 Å². The van der Waals surface area contributed by atoms with Crippen LogP contribution in [0.4, 0.5) is 17.2 Å². The minimum absolute atomic E-state index is 0.119. The van der Waals surface area contributed by atoms with Crippen molar-refractivity contribution < 1.29 is 23.9 Å². The Labute approximate surface area is 198 Å². The van der Waals surface area contributed by atoms with Gasteiger partial charge in [0.25, 0.3) is 0 Å². The molecule has 2 aliphatic heterocycles. The number of amides is 3. The second-order valence-corrected chi connectivity index (χ2v) is 8.53. The molecule has 0 aliphatic carbocycles. The predicted octanol–water partition coefficient (Wildman–Crippen LogP) is 1.79. The van der Waals surface area contributed by atoms with Gasteiger partial charge in [0, 0.05) is 37.8 Å². The summed E-state index contributed by atoms with van der Waals surface area (Å²) in [6.07, 6.45) is 3.37. The van der Waals surface area contributed by atoms with Gasteiger partial charge in [-0.15, -0.1) is 0 Å². The highest BCUT2D eigenvalue weighted by atomic mass is 16.5. The summed E-state index contributed by atoms with van der Waals surface area (Å²) in [5, 5.41) is 2.86. The normalized spacial score (nSPS) is 20.2. The number of hydrogen-bond donors (Lipinski definition) is 2. The summed E-state index contributed by atoms with van der Waals surface area (Å²) >= 11 is 0. The first-order valence-corrected chi connectivity index (χ1v) is 11.2. The molecule has 2 fully saturated rings. The molecule has 0 saturated carbocycles. The standard InChI is InChI=1S/C24H29N5O5/c1-33-19-7-6-18(11-20(19)34-2)29-14-16(10-22(29)30)24(32)27-17-5-8-21(26-12-17)28-9-3-4-15(13-28)23(25)31/h5-8,11-12,15-16H,3-4,9-10,13-14H2,1-2H3,(H2,25,31)(H,27,32). The highest BCUT2D eigenvalue weighted by Crippen LogP contribution is 2.34. The average Bonchev–Trinajstić information content (AvgIpc) is 3.25. The van der Waals surface area contributed by atoms with E-state index >= 15 is 0 Å². The number of carbonyl (C=O) groups is 3. The number of aromatic nitrogens is 1. The lowest BCUT2D eigenvalue weighted by atomic mass is 9.97. The number of primary amides is 1. The number of rotatable bonds is 7. The second kappa shape index (κ2) is 9.98. The van der Waals surface area contributed by atoms with Crippen molar-refractivity contribution in [1.82, 2.24) is 4.98 Å². The fraction of sp³-hybridized carbons (Fsp3) is 0.417. The van der Waals surface area contributed by atoms with Crippen LogP contribution >= 0.6 is 0 Å². The molecule has 0 bridgehead atoms. The SMILES string of the molecule is COc1ccc(N2CC(C(=O)Nc3ccc(N4CCCC(C(N)=O)C4)nc3)CC2=O)cc1OC. The molecule has 180 valence electrons. The Balaban J connectivity index is 1.38. The molecule has 34 heavy (non-hydrogen) atoms. The summed E-state index contributed by atoms with van der Waals surface area (Å²) in [7, 11) is 3.08. The quantitative estimate of drug-likeness (QED) is 0.636. The molecule has 4 rings (SSSR count). The van der Waals surface area contributed by atoms with E-state index in [4.69, 9.17) is 15.2 Å². The minimum atomic E-state index is -0.487. The van der Waals surface area contributed by atoms with Crippen molar-refractivity contribution in [2.24, 2.45) is 17.6 Å². The largest absolute Gasteiger partial charge is 0.493 e. The topological polar surface area (TPSA) is 127 Å². The Morgan fingerprint density at radius 3 is 2.56 bits per heavy atom. The Hall–Kier alpha value is -3.82. The van der Waals surface area contributed by atoms with Crippen molar-refractivity contribution in [2.45, 2.75) is 19.3 Å². The van der Waals surface area contributed by atoms with Crippen LogP contribution in [-0.4, -0.2) is 56.6 Å². The first kappa shape index (κ1) is 23.3. The maximum atomic E-state index is 12.8. The van der Waals surface area contributed by atoms with Crippen LogP contribution in [0.5, 0.6) is 11.5 Å². The maximum Gasteiger partial charge on any atom is 0.229 e. The molecular formula is C24H29N5O5. The number of ether oxygens (including phenoxy) is 2. The molecule has 2 aromatic rings.